The van der Waals surface area contributed by atoms with Crippen LogP contribution in [0.4, 0.5) is 0 Å². The summed E-state index contributed by atoms with van der Waals surface area (Å²) in [7, 11) is 0. The summed E-state index contributed by atoms with van der Waals surface area (Å²) in [6.07, 6.45) is 0. The topological polar surface area (TPSA) is 45.7 Å². The van der Waals surface area contributed by atoms with Crippen molar-refractivity contribution in [3.63, 3.8) is 0 Å². The summed E-state index contributed by atoms with van der Waals surface area (Å²) in [6, 6.07) is 20.3. The van der Waals surface area contributed by atoms with Gasteiger partial charge < -0.3 is 10.6 Å². The first kappa shape index (κ1) is 15.3. The van der Waals surface area contributed by atoms with Crippen LogP contribution >= 0.6 is 0 Å². The zero-order valence-electron chi connectivity index (χ0n) is 12.5. The Morgan fingerprint density at radius 3 is 2.19 bits per heavy atom. The predicted octanol–water partition coefficient (Wildman–Crippen LogP) is 1.70. The first-order valence-electron chi connectivity index (χ1n) is 7.43. The minimum Gasteiger partial charge on any atom is -0.352 e. The maximum Gasteiger partial charge on any atom is 0.228 e. The second kappa shape index (κ2) is 8.22. The molecule has 0 aliphatic heterocycles. The summed E-state index contributed by atoms with van der Waals surface area (Å²) in [5.74, 6) is 0.126. The van der Waals surface area contributed by atoms with Crippen molar-refractivity contribution in [1.82, 2.24) is 5.32 Å². The normalized spacial score (nSPS) is 11.9. The van der Waals surface area contributed by atoms with Gasteiger partial charge in [0.15, 0.2) is 0 Å². The third-order valence-corrected chi connectivity index (χ3v) is 3.50. The van der Waals surface area contributed by atoms with Gasteiger partial charge in [-0.15, -0.1) is 0 Å². The number of nitrogens with two attached hydrogens (primary N) is 1. The van der Waals surface area contributed by atoms with Gasteiger partial charge in [-0.1, -0.05) is 60.7 Å². The Kier molecular flexibility index (Phi) is 5.98. The molecule has 1 atom stereocenters. The fourth-order valence-corrected chi connectivity index (χ4v) is 2.18. The second-order valence-electron chi connectivity index (χ2n) is 5.32. The van der Waals surface area contributed by atoms with Crippen molar-refractivity contribution < 1.29 is 10.1 Å². The lowest BCUT2D eigenvalue weighted by Gasteiger charge is -2.11. The highest BCUT2D eigenvalue weighted by molar-refractivity contribution is 5.78. The smallest absolute Gasteiger partial charge is 0.228 e. The van der Waals surface area contributed by atoms with Crippen LogP contribution in [0.1, 0.15) is 18.1 Å². The van der Waals surface area contributed by atoms with Crippen molar-refractivity contribution in [3.05, 3.63) is 71.8 Å². The van der Waals surface area contributed by atoms with E-state index in [1.807, 2.05) is 55.5 Å². The molecule has 2 rings (SSSR count). The average Bonchev–Trinajstić information content (AvgIpc) is 2.54. The Labute approximate surface area is 126 Å². The lowest BCUT2D eigenvalue weighted by Crippen LogP contribution is -2.84. The van der Waals surface area contributed by atoms with Crippen LogP contribution in [-0.2, 0) is 17.9 Å². The molecule has 0 bridgehead atoms. The highest BCUT2D eigenvalue weighted by atomic mass is 16.1. The molecule has 1 amide bonds. The van der Waals surface area contributed by atoms with Crippen molar-refractivity contribution in [1.29, 1.82) is 0 Å². The van der Waals surface area contributed by atoms with Crippen molar-refractivity contribution in [3.8, 4) is 0 Å². The van der Waals surface area contributed by atoms with Gasteiger partial charge in [-0.2, -0.15) is 0 Å². The van der Waals surface area contributed by atoms with Gasteiger partial charge in [-0.05, 0) is 12.5 Å². The molecular weight excluding hydrogens is 260 g/mol. The fraction of sp³-hybridized carbons (Fsp3) is 0.278. The van der Waals surface area contributed by atoms with E-state index in [-0.39, 0.29) is 11.8 Å². The summed E-state index contributed by atoms with van der Waals surface area (Å²) in [5, 5.41) is 5.17. The third kappa shape index (κ3) is 5.40. The van der Waals surface area contributed by atoms with Crippen LogP contribution in [0.25, 0.3) is 0 Å². The number of hydrogen-bond donors (Lipinski definition) is 2. The zero-order valence-corrected chi connectivity index (χ0v) is 12.5. The van der Waals surface area contributed by atoms with E-state index in [0.29, 0.717) is 6.54 Å². The summed E-state index contributed by atoms with van der Waals surface area (Å²) in [4.78, 5) is 12.0. The van der Waals surface area contributed by atoms with Crippen LogP contribution in [0.5, 0.6) is 0 Å². The lowest BCUT2D eigenvalue weighted by atomic mass is 10.1. The van der Waals surface area contributed by atoms with E-state index in [9.17, 15) is 4.79 Å². The average molecular weight is 283 g/mol. The number of benzene rings is 2. The molecule has 3 N–H and O–H groups in total. The number of carbonyl (C=O) groups excluding carboxylic acids is 1. The Bertz CT molecular complexity index is 540. The third-order valence-electron chi connectivity index (χ3n) is 3.50. The molecule has 21 heavy (non-hydrogen) atoms. The van der Waals surface area contributed by atoms with E-state index in [1.165, 1.54) is 5.56 Å². The summed E-state index contributed by atoms with van der Waals surface area (Å²) < 4.78 is 0. The number of rotatable bonds is 7. The van der Waals surface area contributed by atoms with Gasteiger partial charge in [0.1, 0.15) is 6.54 Å². The predicted molar refractivity (Wildman–Crippen MR) is 84.4 cm³/mol. The quantitative estimate of drug-likeness (QED) is 0.798. The number of carbonyl (C=O) groups is 1. The molecular formula is C18H23N2O+. The molecule has 0 aromatic heterocycles. The molecule has 0 aliphatic carbocycles. The van der Waals surface area contributed by atoms with Crippen LogP contribution in [0, 0.1) is 5.92 Å². The van der Waals surface area contributed by atoms with Crippen LogP contribution in [-0.4, -0.2) is 12.5 Å². The molecule has 0 heterocycles. The monoisotopic (exact) mass is 283 g/mol. The van der Waals surface area contributed by atoms with Crippen LogP contribution in [0.2, 0.25) is 0 Å². The van der Waals surface area contributed by atoms with Crippen LogP contribution in [0.3, 0.4) is 0 Å². The molecule has 0 saturated heterocycles. The molecule has 3 heteroatoms. The molecule has 0 aliphatic rings. The van der Waals surface area contributed by atoms with E-state index in [1.54, 1.807) is 0 Å². The number of quaternary nitrogens is 1. The number of hydrogen-bond acceptors (Lipinski definition) is 1. The molecule has 3 nitrogen and oxygen atoms in total. The largest absolute Gasteiger partial charge is 0.352 e. The molecule has 0 radical (unpaired) electrons. The molecule has 0 fully saturated rings. The van der Waals surface area contributed by atoms with Gasteiger partial charge >= 0.3 is 0 Å². The molecule has 0 spiro atoms. The second-order valence-corrected chi connectivity index (χ2v) is 5.32. The van der Waals surface area contributed by atoms with E-state index < -0.39 is 0 Å². The van der Waals surface area contributed by atoms with Crippen molar-refractivity contribution in [2.75, 3.05) is 6.54 Å². The Balaban J connectivity index is 1.68. The van der Waals surface area contributed by atoms with Crippen molar-refractivity contribution in [2.24, 2.45) is 5.92 Å². The van der Waals surface area contributed by atoms with E-state index in [0.717, 1.165) is 18.7 Å². The molecule has 1 unspecified atom stereocenters. The zero-order chi connectivity index (χ0) is 14.9. The first-order valence-corrected chi connectivity index (χ1v) is 7.43. The maximum absolute atomic E-state index is 12.0. The van der Waals surface area contributed by atoms with E-state index >= 15 is 0 Å². The van der Waals surface area contributed by atoms with Crippen LogP contribution in [0.15, 0.2) is 60.7 Å². The summed E-state index contributed by atoms with van der Waals surface area (Å²) in [5.41, 5.74) is 2.42. The number of amides is 1. The standard InChI is InChI=1S/C18H22N2O/c1-15(12-19-13-16-8-4-2-5-9-16)18(21)20-14-17-10-6-3-7-11-17/h2-11,15,19H,12-14H2,1H3,(H,20,21)/p+1. The maximum atomic E-state index is 12.0. The molecule has 2 aromatic rings. The van der Waals surface area contributed by atoms with Crippen molar-refractivity contribution >= 4 is 5.91 Å². The van der Waals surface area contributed by atoms with Gasteiger partial charge in [0.05, 0.1) is 12.5 Å². The highest BCUT2D eigenvalue weighted by Crippen LogP contribution is 1.99. The Hall–Kier alpha value is -2.13. The molecule has 110 valence electrons. The van der Waals surface area contributed by atoms with Gasteiger partial charge in [-0.25, -0.2) is 0 Å². The fourth-order valence-electron chi connectivity index (χ4n) is 2.18. The van der Waals surface area contributed by atoms with Gasteiger partial charge in [0, 0.05) is 12.1 Å². The first-order chi connectivity index (χ1) is 10.3. The minimum absolute atomic E-state index is 0.0115. The Morgan fingerprint density at radius 2 is 1.57 bits per heavy atom. The number of nitrogens with one attached hydrogen (secondary N) is 1. The highest BCUT2D eigenvalue weighted by Gasteiger charge is 2.14. The minimum atomic E-state index is 0.0115. The van der Waals surface area contributed by atoms with Crippen molar-refractivity contribution in [2.45, 2.75) is 20.0 Å². The van der Waals surface area contributed by atoms with E-state index in [4.69, 9.17) is 0 Å². The molecule has 2 aromatic carbocycles. The summed E-state index contributed by atoms with van der Waals surface area (Å²) in [6.45, 7) is 4.29. The van der Waals surface area contributed by atoms with Gasteiger partial charge in [-0.3, -0.25) is 4.79 Å². The Morgan fingerprint density at radius 1 is 1.00 bits per heavy atom. The lowest BCUT2D eigenvalue weighted by molar-refractivity contribution is -0.673. The summed E-state index contributed by atoms with van der Waals surface area (Å²) >= 11 is 0. The van der Waals surface area contributed by atoms with Crippen LogP contribution < -0.4 is 10.6 Å². The van der Waals surface area contributed by atoms with Gasteiger partial charge in [0.2, 0.25) is 5.91 Å². The van der Waals surface area contributed by atoms with Gasteiger partial charge in [0.25, 0.3) is 0 Å². The van der Waals surface area contributed by atoms with E-state index in [2.05, 4.69) is 22.8 Å². The SMILES string of the molecule is CC(C[NH2+]Cc1ccccc1)C(=O)NCc1ccccc1. The molecule has 0 saturated carbocycles.